The summed E-state index contributed by atoms with van der Waals surface area (Å²) in [6.45, 7) is 10.4. The van der Waals surface area contributed by atoms with Crippen LogP contribution in [0.25, 0.3) is 0 Å². The van der Waals surface area contributed by atoms with Crippen molar-refractivity contribution < 1.29 is 28.8 Å². The van der Waals surface area contributed by atoms with Gasteiger partial charge >= 0.3 is 6.09 Å². The van der Waals surface area contributed by atoms with E-state index in [9.17, 15) is 19.2 Å². The predicted octanol–water partition coefficient (Wildman–Crippen LogP) is 3.25. The zero-order chi connectivity index (χ0) is 23.3. The van der Waals surface area contributed by atoms with Crippen molar-refractivity contribution >= 4 is 23.7 Å². The molecule has 0 spiro atoms. The maximum atomic E-state index is 13.3. The van der Waals surface area contributed by atoms with Crippen LogP contribution in [0.5, 0.6) is 0 Å². The summed E-state index contributed by atoms with van der Waals surface area (Å²) in [7, 11) is 0. The third kappa shape index (κ3) is 6.13. The van der Waals surface area contributed by atoms with Gasteiger partial charge in [-0.15, -0.1) is 0 Å². The Balaban J connectivity index is 2.16. The molecule has 1 aromatic carbocycles. The van der Waals surface area contributed by atoms with Crippen LogP contribution in [0.4, 0.5) is 4.79 Å². The van der Waals surface area contributed by atoms with Crippen molar-refractivity contribution in [3.8, 4) is 0 Å². The first-order chi connectivity index (χ1) is 14.5. The lowest BCUT2D eigenvalue weighted by atomic mass is 9.83. The number of hydroxylamine groups is 2. The van der Waals surface area contributed by atoms with Gasteiger partial charge in [0, 0.05) is 0 Å². The van der Waals surface area contributed by atoms with E-state index < -0.39 is 47.2 Å². The molecule has 1 aliphatic heterocycles. The molecule has 0 radical (unpaired) electrons. The smallest absolute Gasteiger partial charge is 0.408 e. The molecule has 31 heavy (non-hydrogen) atoms. The van der Waals surface area contributed by atoms with Gasteiger partial charge in [0.2, 0.25) is 0 Å². The quantitative estimate of drug-likeness (QED) is 0.500. The van der Waals surface area contributed by atoms with Crippen molar-refractivity contribution in [1.29, 1.82) is 0 Å². The van der Waals surface area contributed by atoms with E-state index in [-0.39, 0.29) is 12.5 Å². The number of alkyl carbamates (subject to hydrolysis) is 1. The van der Waals surface area contributed by atoms with Gasteiger partial charge in [-0.2, -0.15) is 5.06 Å². The van der Waals surface area contributed by atoms with Crippen LogP contribution in [-0.4, -0.2) is 40.4 Å². The highest BCUT2D eigenvalue weighted by atomic mass is 16.7. The van der Waals surface area contributed by atoms with Gasteiger partial charge in [-0.05, 0) is 32.3 Å². The molecular formula is C23H32N2O6. The molecule has 1 aromatic rings. The molecule has 0 aromatic heterocycles. The zero-order valence-corrected chi connectivity index (χ0v) is 19.0. The largest absolute Gasteiger partial charge is 0.444 e. The Labute approximate surface area is 183 Å². The molecule has 8 heteroatoms. The molecule has 4 atom stereocenters. The second-order valence-corrected chi connectivity index (χ2v) is 8.91. The van der Waals surface area contributed by atoms with Crippen molar-refractivity contribution in [3.63, 3.8) is 0 Å². The number of hydrogen-bond donors (Lipinski definition) is 1. The maximum Gasteiger partial charge on any atom is 0.408 e. The van der Waals surface area contributed by atoms with Crippen LogP contribution in [0.2, 0.25) is 0 Å². The average Bonchev–Trinajstić information content (AvgIpc) is 2.91. The SMILES string of the molecule is CC[C@@H](C)[C@H](NC(=O)OC(C)(C)C)C(=O)[C@@H]1C(=O)N(OCc2ccccc2)C(=O)[C@H]1C. The van der Waals surface area contributed by atoms with Gasteiger partial charge in [0.25, 0.3) is 11.8 Å². The highest BCUT2D eigenvalue weighted by molar-refractivity contribution is 6.16. The summed E-state index contributed by atoms with van der Waals surface area (Å²) in [6, 6.07) is 8.14. The summed E-state index contributed by atoms with van der Waals surface area (Å²) in [5.41, 5.74) is 0.0522. The van der Waals surface area contributed by atoms with Crippen LogP contribution >= 0.6 is 0 Å². The summed E-state index contributed by atoms with van der Waals surface area (Å²) in [6.07, 6.45) is -0.156. The molecule has 1 aliphatic rings. The monoisotopic (exact) mass is 432 g/mol. The van der Waals surface area contributed by atoms with E-state index in [1.165, 1.54) is 6.92 Å². The highest BCUT2D eigenvalue weighted by Gasteiger charge is 2.52. The number of Topliss-reactive ketones (excluding diaryl/α,β-unsaturated/α-hetero) is 1. The molecule has 1 fully saturated rings. The van der Waals surface area contributed by atoms with E-state index in [4.69, 9.17) is 9.57 Å². The predicted molar refractivity (Wildman–Crippen MR) is 113 cm³/mol. The van der Waals surface area contributed by atoms with E-state index in [0.29, 0.717) is 11.5 Å². The van der Waals surface area contributed by atoms with Crippen LogP contribution in [0, 0.1) is 17.8 Å². The van der Waals surface area contributed by atoms with Crippen molar-refractivity contribution in [2.75, 3.05) is 0 Å². The number of hydrogen-bond acceptors (Lipinski definition) is 6. The first kappa shape index (κ1) is 24.5. The summed E-state index contributed by atoms with van der Waals surface area (Å²) in [5, 5.41) is 3.28. The number of benzene rings is 1. The molecule has 3 amide bonds. The van der Waals surface area contributed by atoms with Crippen molar-refractivity contribution in [2.24, 2.45) is 17.8 Å². The number of nitrogens with zero attached hydrogens (tertiary/aromatic N) is 1. The Morgan fingerprint density at radius 3 is 2.29 bits per heavy atom. The second kappa shape index (κ2) is 10.0. The molecule has 0 bridgehead atoms. The van der Waals surface area contributed by atoms with Crippen molar-refractivity contribution in [2.45, 2.75) is 66.2 Å². The molecule has 170 valence electrons. The summed E-state index contributed by atoms with van der Waals surface area (Å²) in [4.78, 5) is 56.6. The molecular weight excluding hydrogens is 400 g/mol. The Morgan fingerprint density at radius 1 is 1.13 bits per heavy atom. The van der Waals surface area contributed by atoms with Crippen molar-refractivity contribution in [3.05, 3.63) is 35.9 Å². The van der Waals surface area contributed by atoms with Gasteiger partial charge in [0.1, 0.15) is 18.1 Å². The van der Waals surface area contributed by atoms with Gasteiger partial charge in [0.15, 0.2) is 5.78 Å². The number of ketones is 1. The molecule has 8 nitrogen and oxygen atoms in total. The first-order valence-electron chi connectivity index (χ1n) is 10.5. The summed E-state index contributed by atoms with van der Waals surface area (Å²) < 4.78 is 5.27. The zero-order valence-electron chi connectivity index (χ0n) is 19.0. The minimum atomic E-state index is -1.22. The van der Waals surface area contributed by atoms with Crippen LogP contribution in [-0.2, 0) is 30.6 Å². The van der Waals surface area contributed by atoms with E-state index >= 15 is 0 Å². The summed E-state index contributed by atoms with van der Waals surface area (Å²) in [5.74, 6) is -4.16. The minimum absolute atomic E-state index is 0.0247. The fourth-order valence-corrected chi connectivity index (χ4v) is 3.34. The van der Waals surface area contributed by atoms with Crippen LogP contribution in [0.3, 0.4) is 0 Å². The fourth-order valence-electron chi connectivity index (χ4n) is 3.34. The Hall–Kier alpha value is -2.74. The molecule has 1 saturated heterocycles. The number of imide groups is 1. The molecule has 1 N–H and O–H groups in total. The molecule has 1 heterocycles. The third-order valence-corrected chi connectivity index (χ3v) is 5.26. The van der Waals surface area contributed by atoms with Crippen molar-refractivity contribution in [1.82, 2.24) is 10.4 Å². The molecule has 0 saturated carbocycles. The Bertz CT molecular complexity index is 817. The van der Waals surface area contributed by atoms with E-state index in [1.54, 1.807) is 39.8 Å². The van der Waals surface area contributed by atoms with Gasteiger partial charge in [0.05, 0.1) is 12.0 Å². The minimum Gasteiger partial charge on any atom is -0.444 e. The van der Waals surface area contributed by atoms with Gasteiger partial charge in [-0.3, -0.25) is 19.2 Å². The van der Waals surface area contributed by atoms with Gasteiger partial charge in [-0.25, -0.2) is 4.79 Å². The Kier molecular flexibility index (Phi) is 7.95. The topological polar surface area (TPSA) is 102 Å². The number of rotatable bonds is 8. The lowest BCUT2D eigenvalue weighted by molar-refractivity contribution is -0.193. The van der Waals surface area contributed by atoms with Gasteiger partial charge in [-0.1, -0.05) is 57.5 Å². The summed E-state index contributed by atoms with van der Waals surface area (Å²) >= 11 is 0. The molecule has 0 unspecified atom stereocenters. The number of carbonyl (C=O) groups is 4. The molecule has 2 rings (SSSR count). The van der Waals surface area contributed by atoms with Crippen LogP contribution in [0.1, 0.15) is 53.5 Å². The van der Waals surface area contributed by atoms with E-state index in [0.717, 1.165) is 5.56 Å². The number of amides is 3. The fraction of sp³-hybridized carbons (Fsp3) is 0.565. The Morgan fingerprint density at radius 2 is 1.74 bits per heavy atom. The lowest BCUT2D eigenvalue weighted by Crippen LogP contribution is -2.50. The normalized spacial score (nSPS) is 21.0. The lowest BCUT2D eigenvalue weighted by Gasteiger charge is -2.27. The van der Waals surface area contributed by atoms with Gasteiger partial charge < -0.3 is 10.1 Å². The maximum absolute atomic E-state index is 13.3. The highest BCUT2D eigenvalue weighted by Crippen LogP contribution is 2.30. The number of carbonyl (C=O) groups excluding carboxylic acids is 4. The standard InChI is InChI=1S/C23H32N2O6/c1-7-14(2)18(24-22(29)31-23(4,5)6)19(26)17-15(3)20(27)25(21(17)28)30-13-16-11-9-8-10-12-16/h8-12,14-15,17-18H,7,13H2,1-6H3,(H,24,29)/t14-,15+,17-,18+/m1/s1. The van der Waals surface area contributed by atoms with E-state index in [2.05, 4.69) is 5.32 Å². The third-order valence-electron chi connectivity index (χ3n) is 5.26. The van der Waals surface area contributed by atoms with Crippen LogP contribution in [0.15, 0.2) is 30.3 Å². The first-order valence-corrected chi connectivity index (χ1v) is 10.5. The number of nitrogens with one attached hydrogen (secondary N) is 1. The van der Waals surface area contributed by atoms with Crippen LogP contribution < -0.4 is 5.32 Å². The second-order valence-electron chi connectivity index (χ2n) is 8.91. The van der Waals surface area contributed by atoms with E-state index in [1.807, 2.05) is 25.1 Å². The number of ether oxygens (including phenoxy) is 1. The average molecular weight is 433 g/mol. The molecule has 0 aliphatic carbocycles.